The van der Waals surface area contributed by atoms with Crippen LogP contribution in [0.3, 0.4) is 0 Å². The molecule has 0 radical (unpaired) electrons. The molecule has 5 nitrogen and oxygen atoms in total. The molecule has 0 aliphatic heterocycles. The van der Waals surface area contributed by atoms with Gasteiger partial charge in [-0.2, -0.15) is 0 Å². The van der Waals surface area contributed by atoms with Crippen molar-refractivity contribution < 1.29 is 14.3 Å². The first-order valence-electron chi connectivity index (χ1n) is 6.89. The third kappa shape index (κ3) is 3.54. The number of hydrogen-bond acceptors (Lipinski definition) is 5. The lowest BCUT2D eigenvalue weighted by Gasteiger charge is -2.10. The average Bonchev–Trinajstić information content (AvgIpc) is 3.03. The van der Waals surface area contributed by atoms with Crippen LogP contribution in [0.25, 0.3) is 11.3 Å². The fourth-order valence-corrected chi connectivity index (χ4v) is 2.93. The van der Waals surface area contributed by atoms with Crippen molar-refractivity contribution in [1.29, 1.82) is 0 Å². The second-order valence-corrected chi connectivity index (χ2v) is 5.92. The molecule has 0 saturated carbocycles. The highest BCUT2D eigenvalue weighted by Crippen LogP contribution is 2.36. The number of benzene rings is 2. The second-order valence-electron chi connectivity index (χ2n) is 4.86. The molecular formula is C17H14N2O3S. The van der Waals surface area contributed by atoms with Crippen LogP contribution in [-0.2, 0) is 4.79 Å². The number of aromatic nitrogens is 1. The molecule has 0 aliphatic carbocycles. The number of thioether (sulfide) groups is 1. The zero-order valence-corrected chi connectivity index (χ0v) is 12.9. The van der Waals surface area contributed by atoms with E-state index in [2.05, 4.69) is 4.98 Å². The van der Waals surface area contributed by atoms with Crippen molar-refractivity contribution in [2.45, 2.75) is 10.5 Å². The van der Waals surface area contributed by atoms with E-state index in [4.69, 9.17) is 10.2 Å². The molecule has 2 aromatic carbocycles. The Morgan fingerprint density at radius 2 is 1.83 bits per heavy atom. The molecule has 0 aliphatic rings. The minimum absolute atomic E-state index is 0.313. The third-order valence-corrected chi connectivity index (χ3v) is 4.32. The van der Waals surface area contributed by atoms with Gasteiger partial charge in [0.05, 0.1) is 6.20 Å². The number of carbonyl (C=O) groups is 1. The maximum atomic E-state index is 11.5. The van der Waals surface area contributed by atoms with Crippen molar-refractivity contribution in [1.82, 2.24) is 4.98 Å². The van der Waals surface area contributed by atoms with Gasteiger partial charge in [-0.25, -0.2) is 4.98 Å². The van der Waals surface area contributed by atoms with Crippen LogP contribution in [0.15, 0.2) is 70.4 Å². The lowest BCUT2D eigenvalue weighted by atomic mass is 10.1. The monoisotopic (exact) mass is 326 g/mol. The molecule has 3 N–H and O–H groups in total. The molecule has 1 aromatic heterocycles. The minimum Gasteiger partial charge on any atom is -0.480 e. The van der Waals surface area contributed by atoms with Crippen molar-refractivity contribution >= 4 is 23.4 Å². The van der Waals surface area contributed by atoms with E-state index < -0.39 is 11.2 Å². The smallest absolute Gasteiger partial charge is 0.321 e. The molecule has 3 rings (SSSR count). The molecule has 0 amide bonds. The molecular weight excluding hydrogens is 312 g/mol. The van der Waals surface area contributed by atoms with Crippen molar-refractivity contribution in [3.05, 3.63) is 66.4 Å². The van der Waals surface area contributed by atoms with Crippen molar-refractivity contribution in [2.75, 3.05) is 5.73 Å². The molecule has 0 spiro atoms. The summed E-state index contributed by atoms with van der Waals surface area (Å²) < 4.78 is 5.66. The van der Waals surface area contributed by atoms with E-state index in [1.807, 2.05) is 30.3 Å². The van der Waals surface area contributed by atoms with E-state index in [1.165, 1.54) is 0 Å². The molecule has 1 atom stereocenters. The molecule has 3 aromatic rings. The van der Waals surface area contributed by atoms with E-state index in [-0.39, 0.29) is 0 Å². The summed E-state index contributed by atoms with van der Waals surface area (Å²) in [6.07, 6.45) is 1.60. The van der Waals surface area contributed by atoms with Crippen LogP contribution in [0.4, 0.5) is 5.69 Å². The highest BCUT2D eigenvalue weighted by Gasteiger charge is 2.24. The lowest BCUT2D eigenvalue weighted by molar-refractivity contribution is -0.136. The average molecular weight is 326 g/mol. The molecule has 1 heterocycles. The number of aliphatic carboxylic acids is 1. The predicted molar refractivity (Wildman–Crippen MR) is 89.0 cm³/mol. The SMILES string of the molecule is Nc1ccc(C(Sc2ncc(-c3ccccc3)o2)C(=O)O)cc1. The molecule has 1 unspecified atom stereocenters. The van der Waals surface area contributed by atoms with Crippen LogP contribution in [-0.4, -0.2) is 16.1 Å². The van der Waals surface area contributed by atoms with Crippen molar-refractivity contribution in [3.8, 4) is 11.3 Å². The first-order valence-corrected chi connectivity index (χ1v) is 7.77. The summed E-state index contributed by atoms with van der Waals surface area (Å²) in [6.45, 7) is 0. The number of nitrogen functional groups attached to an aromatic ring is 1. The molecule has 0 fully saturated rings. The minimum atomic E-state index is -0.959. The summed E-state index contributed by atoms with van der Waals surface area (Å²) in [5.41, 5.74) is 7.76. The summed E-state index contributed by atoms with van der Waals surface area (Å²) >= 11 is 1.05. The van der Waals surface area contributed by atoms with Crippen LogP contribution >= 0.6 is 11.8 Å². The summed E-state index contributed by atoms with van der Waals surface area (Å²) in [7, 11) is 0. The first-order chi connectivity index (χ1) is 11.1. The number of carboxylic acids is 1. The maximum absolute atomic E-state index is 11.5. The van der Waals surface area contributed by atoms with Crippen LogP contribution in [0.2, 0.25) is 0 Å². The lowest BCUT2D eigenvalue weighted by Crippen LogP contribution is -2.08. The van der Waals surface area contributed by atoms with Gasteiger partial charge in [-0.1, -0.05) is 42.5 Å². The van der Waals surface area contributed by atoms with E-state index in [0.717, 1.165) is 17.3 Å². The number of hydrogen-bond donors (Lipinski definition) is 2. The summed E-state index contributed by atoms with van der Waals surface area (Å²) in [6, 6.07) is 16.3. The fourth-order valence-electron chi connectivity index (χ4n) is 2.08. The van der Waals surface area contributed by atoms with Crippen molar-refractivity contribution in [3.63, 3.8) is 0 Å². The Hall–Kier alpha value is -2.73. The molecule has 23 heavy (non-hydrogen) atoms. The Balaban J connectivity index is 1.83. The Morgan fingerprint density at radius 1 is 1.13 bits per heavy atom. The van der Waals surface area contributed by atoms with Gasteiger partial charge in [-0.15, -0.1) is 0 Å². The van der Waals surface area contributed by atoms with Gasteiger partial charge < -0.3 is 15.3 Å². The Kier molecular flexibility index (Phi) is 4.34. The van der Waals surface area contributed by atoms with E-state index in [1.54, 1.807) is 30.5 Å². The second kappa shape index (κ2) is 6.58. The highest BCUT2D eigenvalue weighted by molar-refractivity contribution is 8.00. The number of nitrogens with two attached hydrogens (primary N) is 1. The summed E-state index contributed by atoms with van der Waals surface area (Å²) in [4.78, 5) is 15.7. The molecule has 6 heteroatoms. The predicted octanol–water partition coefficient (Wildman–Crippen LogP) is 3.84. The quantitative estimate of drug-likeness (QED) is 0.547. The molecule has 0 bridgehead atoms. The Morgan fingerprint density at radius 3 is 2.48 bits per heavy atom. The zero-order valence-electron chi connectivity index (χ0n) is 12.0. The van der Waals surface area contributed by atoms with Gasteiger partial charge in [-0.05, 0) is 29.5 Å². The van der Waals surface area contributed by atoms with Crippen molar-refractivity contribution in [2.24, 2.45) is 0 Å². The molecule has 0 saturated heterocycles. The van der Waals surface area contributed by atoms with Crippen LogP contribution in [0.1, 0.15) is 10.8 Å². The van der Waals surface area contributed by atoms with E-state index >= 15 is 0 Å². The van der Waals surface area contributed by atoms with Crippen LogP contribution in [0.5, 0.6) is 0 Å². The number of carboxylic acid groups (broad SMARTS) is 1. The summed E-state index contributed by atoms with van der Waals surface area (Å²) in [5, 5.41) is 8.97. The van der Waals surface area contributed by atoms with Gasteiger partial charge in [0.25, 0.3) is 5.22 Å². The normalized spacial score (nSPS) is 12.0. The Bertz CT molecular complexity index is 800. The largest absolute Gasteiger partial charge is 0.480 e. The zero-order chi connectivity index (χ0) is 16.2. The molecule has 116 valence electrons. The first kappa shape index (κ1) is 15.2. The van der Waals surface area contributed by atoms with E-state index in [0.29, 0.717) is 22.2 Å². The van der Waals surface area contributed by atoms with Gasteiger partial charge in [0.1, 0.15) is 5.25 Å². The maximum Gasteiger partial charge on any atom is 0.321 e. The van der Waals surface area contributed by atoms with E-state index in [9.17, 15) is 9.90 Å². The van der Waals surface area contributed by atoms with Gasteiger partial charge in [-0.3, -0.25) is 4.79 Å². The highest BCUT2D eigenvalue weighted by atomic mass is 32.2. The van der Waals surface area contributed by atoms with Crippen LogP contribution in [0, 0.1) is 0 Å². The topological polar surface area (TPSA) is 89.4 Å². The van der Waals surface area contributed by atoms with Gasteiger partial charge in [0.2, 0.25) is 0 Å². The van der Waals surface area contributed by atoms with Gasteiger partial charge in [0, 0.05) is 11.3 Å². The number of anilines is 1. The van der Waals surface area contributed by atoms with Gasteiger partial charge in [0.15, 0.2) is 5.76 Å². The summed E-state index contributed by atoms with van der Waals surface area (Å²) in [5.74, 6) is -0.353. The third-order valence-electron chi connectivity index (χ3n) is 3.22. The Labute approximate surface area is 137 Å². The van der Waals surface area contributed by atoms with Gasteiger partial charge >= 0.3 is 5.97 Å². The number of rotatable bonds is 5. The van der Waals surface area contributed by atoms with Crippen LogP contribution < -0.4 is 5.73 Å². The number of nitrogens with zero attached hydrogens (tertiary/aromatic N) is 1. The standard InChI is InChI=1S/C17H14N2O3S/c18-13-8-6-12(7-9-13)15(16(20)21)23-17-19-10-14(22-17)11-4-2-1-3-5-11/h1-10,15H,18H2,(H,20,21). The number of oxazole rings is 1. The fraction of sp³-hybridized carbons (Fsp3) is 0.0588.